The minimum atomic E-state index is -0.840. The third-order valence-electron chi connectivity index (χ3n) is 3.42. The fourth-order valence-corrected chi connectivity index (χ4v) is 2.47. The summed E-state index contributed by atoms with van der Waals surface area (Å²) in [5.74, 6) is -1.44. The monoisotopic (exact) mass is 303 g/mol. The number of hydrogen-bond donors (Lipinski definition) is 1. The Bertz CT molecular complexity index is 640. The van der Waals surface area contributed by atoms with E-state index in [-0.39, 0.29) is 0 Å². The highest BCUT2D eigenvalue weighted by Crippen LogP contribution is 2.25. The number of carbonyl (C=O) groups is 1. The highest BCUT2D eigenvalue weighted by atomic mass is 35.5. The number of benzene rings is 2. The first kappa shape index (κ1) is 15.4. The normalized spacial score (nSPS) is 12.0. The zero-order valence-electron chi connectivity index (χ0n) is 12.1. The fraction of sp³-hybridized carbons (Fsp3) is 0.235. The Labute approximate surface area is 129 Å². The van der Waals surface area contributed by atoms with Crippen molar-refractivity contribution in [2.45, 2.75) is 12.3 Å². The molecule has 3 nitrogen and oxygen atoms in total. The lowest BCUT2D eigenvalue weighted by Crippen LogP contribution is -2.15. The zero-order valence-corrected chi connectivity index (χ0v) is 12.8. The van der Waals surface area contributed by atoms with Gasteiger partial charge in [-0.3, -0.25) is 4.79 Å². The fourth-order valence-electron chi connectivity index (χ4n) is 2.27. The first-order valence-electron chi connectivity index (χ1n) is 6.72. The van der Waals surface area contributed by atoms with Crippen molar-refractivity contribution < 1.29 is 9.90 Å². The van der Waals surface area contributed by atoms with E-state index in [0.29, 0.717) is 11.4 Å². The van der Waals surface area contributed by atoms with Gasteiger partial charge in [0, 0.05) is 24.8 Å². The lowest BCUT2D eigenvalue weighted by Gasteiger charge is -2.16. The molecule has 0 saturated carbocycles. The van der Waals surface area contributed by atoms with Gasteiger partial charge in [-0.05, 0) is 41.8 Å². The van der Waals surface area contributed by atoms with E-state index in [1.165, 1.54) is 0 Å². The summed E-state index contributed by atoms with van der Waals surface area (Å²) in [5.41, 5.74) is 2.78. The van der Waals surface area contributed by atoms with Crippen LogP contribution in [-0.4, -0.2) is 25.2 Å². The standard InChI is InChI=1S/C17H18ClNO2/c1-19(2)15-8-3-5-12(9-15)10-16(17(20)21)13-6-4-7-14(18)11-13/h3-9,11,16H,10H2,1-2H3,(H,20,21). The van der Waals surface area contributed by atoms with Crippen molar-refractivity contribution in [3.8, 4) is 0 Å². The minimum Gasteiger partial charge on any atom is -0.481 e. The van der Waals surface area contributed by atoms with Crippen molar-refractivity contribution in [3.05, 3.63) is 64.7 Å². The second-order valence-electron chi connectivity index (χ2n) is 5.21. The van der Waals surface area contributed by atoms with Crippen LogP contribution in [0.1, 0.15) is 17.0 Å². The Morgan fingerprint density at radius 3 is 2.52 bits per heavy atom. The molecule has 110 valence electrons. The molecule has 2 aromatic rings. The van der Waals surface area contributed by atoms with E-state index in [2.05, 4.69) is 0 Å². The molecule has 0 aromatic heterocycles. The number of anilines is 1. The molecule has 0 saturated heterocycles. The van der Waals surface area contributed by atoms with Gasteiger partial charge in [0.1, 0.15) is 0 Å². The van der Waals surface area contributed by atoms with Crippen LogP contribution >= 0.6 is 11.6 Å². The van der Waals surface area contributed by atoms with Crippen LogP contribution in [0.5, 0.6) is 0 Å². The summed E-state index contributed by atoms with van der Waals surface area (Å²) in [6.45, 7) is 0. The molecule has 0 bridgehead atoms. The summed E-state index contributed by atoms with van der Waals surface area (Å²) in [7, 11) is 3.93. The van der Waals surface area contributed by atoms with E-state index in [0.717, 1.165) is 16.8 Å². The molecule has 1 atom stereocenters. The third kappa shape index (κ3) is 3.99. The van der Waals surface area contributed by atoms with Crippen LogP contribution in [0, 0.1) is 0 Å². The molecular formula is C17H18ClNO2. The maximum absolute atomic E-state index is 11.6. The molecule has 0 aliphatic rings. The van der Waals surface area contributed by atoms with Gasteiger partial charge in [-0.25, -0.2) is 0 Å². The number of carboxylic acid groups (broad SMARTS) is 1. The Kier molecular flexibility index (Phi) is 4.86. The summed E-state index contributed by atoms with van der Waals surface area (Å²) >= 11 is 5.96. The maximum atomic E-state index is 11.6. The molecule has 1 unspecified atom stereocenters. The van der Waals surface area contributed by atoms with Crippen LogP contribution < -0.4 is 4.90 Å². The van der Waals surface area contributed by atoms with Crippen LogP contribution in [-0.2, 0) is 11.2 Å². The molecule has 1 N–H and O–H groups in total. The molecule has 0 radical (unpaired) electrons. The van der Waals surface area contributed by atoms with E-state index >= 15 is 0 Å². The van der Waals surface area contributed by atoms with E-state index < -0.39 is 11.9 Å². The lowest BCUT2D eigenvalue weighted by molar-refractivity contribution is -0.138. The first-order valence-corrected chi connectivity index (χ1v) is 7.09. The molecule has 21 heavy (non-hydrogen) atoms. The van der Waals surface area contributed by atoms with Gasteiger partial charge in [-0.1, -0.05) is 35.9 Å². The number of halogens is 1. The van der Waals surface area contributed by atoms with Gasteiger partial charge >= 0.3 is 5.97 Å². The summed E-state index contributed by atoms with van der Waals surface area (Å²) in [6.07, 6.45) is 0.442. The number of carboxylic acids is 1. The SMILES string of the molecule is CN(C)c1cccc(CC(C(=O)O)c2cccc(Cl)c2)c1. The van der Waals surface area contributed by atoms with E-state index in [9.17, 15) is 9.90 Å². The van der Waals surface area contributed by atoms with Crippen LogP contribution in [0.15, 0.2) is 48.5 Å². The van der Waals surface area contributed by atoms with Crippen molar-refractivity contribution in [1.82, 2.24) is 0 Å². The zero-order chi connectivity index (χ0) is 15.4. The number of aliphatic carboxylic acids is 1. The van der Waals surface area contributed by atoms with Gasteiger partial charge in [0.15, 0.2) is 0 Å². The highest BCUT2D eigenvalue weighted by Gasteiger charge is 2.20. The summed E-state index contributed by atoms with van der Waals surface area (Å²) in [4.78, 5) is 13.6. The predicted octanol–water partition coefficient (Wildman–Crippen LogP) is 3.82. The van der Waals surface area contributed by atoms with E-state index in [1.54, 1.807) is 24.3 Å². The Hall–Kier alpha value is -2.00. The molecule has 4 heteroatoms. The number of rotatable bonds is 5. The molecule has 0 spiro atoms. The molecule has 2 aromatic carbocycles. The molecule has 0 aliphatic heterocycles. The minimum absolute atomic E-state index is 0.442. The van der Waals surface area contributed by atoms with E-state index in [1.807, 2.05) is 43.3 Å². The van der Waals surface area contributed by atoms with Crippen molar-refractivity contribution >= 4 is 23.3 Å². The molecule has 0 fully saturated rings. The highest BCUT2D eigenvalue weighted by molar-refractivity contribution is 6.30. The molecule has 0 amide bonds. The average Bonchev–Trinajstić information content (AvgIpc) is 2.44. The quantitative estimate of drug-likeness (QED) is 0.913. The third-order valence-corrected chi connectivity index (χ3v) is 3.65. The maximum Gasteiger partial charge on any atom is 0.311 e. The van der Waals surface area contributed by atoms with Gasteiger partial charge in [-0.2, -0.15) is 0 Å². The smallest absolute Gasteiger partial charge is 0.311 e. The average molecular weight is 304 g/mol. The van der Waals surface area contributed by atoms with Crippen molar-refractivity contribution in [1.29, 1.82) is 0 Å². The molecule has 0 heterocycles. The van der Waals surface area contributed by atoms with Crippen molar-refractivity contribution in [2.24, 2.45) is 0 Å². The van der Waals surface area contributed by atoms with E-state index in [4.69, 9.17) is 11.6 Å². The Morgan fingerprint density at radius 1 is 1.19 bits per heavy atom. The van der Waals surface area contributed by atoms with Gasteiger partial charge in [0.2, 0.25) is 0 Å². The van der Waals surface area contributed by atoms with Crippen molar-refractivity contribution in [3.63, 3.8) is 0 Å². The topological polar surface area (TPSA) is 40.5 Å². The molecular weight excluding hydrogens is 286 g/mol. The van der Waals surface area contributed by atoms with Crippen LogP contribution in [0.4, 0.5) is 5.69 Å². The molecule has 2 rings (SSSR count). The Morgan fingerprint density at radius 2 is 1.90 bits per heavy atom. The summed E-state index contributed by atoms with van der Waals surface area (Å²) in [6, 6.07) is 15.0. The van der Waals surface area contributed by atoms with Crippen LogP contribution in [0.25, 0.3) is 0 Å². The summed E-state index contributed by atoms with van der Waals surface area (Å²) in [5, 5.41) is 10.1. The van der Waals surface area contributed by atoms with Gasteiger partial charge in [-0.15, -0.1) is 0 Å². The second-order valence-corrected chi connectivity index (χ2v) is 5.65. The predicted molar refractivity (Wildman–Crippen MR) is 86.3 cm³/mol. The van der Waals surface area contributed by atoms with Gasteiger partial charge in [0.25, 0.3) is 0 Å². The lowest BCUT2D eigenvalue weighted by atomic mass is 9.92. The summed E-state index contributed by atoms with van der Waals surface area (Å²) < 4.78 is 0. The number of nitrogens with zero attached hydrogens (tertiary/aromatic N) is 1. The first-order chi connectivity index (χ1) is 9.97. The number of hydrogen-bond acceptors (Lipinski definition) is 2. The Balaban J connectivity index is 2.29. The molecule has 0 aliphatic carbocycles. The van der Waals surface area contributed by atoms with Crippen molar-refractivity contribution in [2.75, 3.05) is 19.0 Å². The van der Waals surface area contributed by atoms with Crippen LogP contribution in [0.2, 0.25) is 5.02 Å². The second kappa shape index (κ2) is 6.64. The van der Waals surface area contributed by atoms with Crippen LogP contribution in [0.3, 0.4) is 0 Å². The largest absolute Gasteiger partial charge is 0.481 e. The van der Waals surface area contributed by atoms with Gasteiger partial charge < -0.3 is 10.0 Å². The van der Waals surface area contributed by atoms with Gasteiger partial charge in [0.05, 0.1) is 5.92 Å².